The summed E-state index contributed by atoms with van der Waals surface area (Å²) in [6, 6.07) is 6.66. The molecule has 1 fully saturated rings. The van der Waals surface area contributed by atoms with E-state index in [9.17, 15) is 0 Å². The van der Waals surface area contributed by atoms with Crippen molar-refractivity contribution in [3.05, 3.63) is 29.3 Å². The largest absolute Gasteiger partial charge is 0.488 e. The lowest BCUT2D eigenvalue weighted by molar-refractivity contribution is -0.904. The maximum absolute atomic E-state index is 5.91. The number of hydrogen-bond acceptors (Lipinski definition) is 1. The standard InChI is InChI=1S/C16H23NO/c1-2-9-17(10-3-1)11-12-18-16-8-7-14-5-4-6-15(14)13-16/h7-8,13H,1-6,9-12H2/p+1. The summed E-state index contributed by atoms with van der Waals surface area (Å²) in [5, 5.41) is 0. The fourth-order valence-electron chi connectivity index (χ4n) is 3.25. The summed E-state index contributed by atoms with van der Waals surface area (Å²) in [6.07, 6.45) is 8.03. The van der Waals surface area contributed by atoms with Crippen LogP contribution in [-0.2, 0) is 12.8 Å². The predicted octanol–water partition coefficient (Wildman–Crippen LogP) is 1.62. The highest BCUT2D eigenvalue weighted by atomic mass is 16.5. The molecule has 3 rings (SSSR count). The van der Waals surface area contributed by atoms with Crippen LogP contribution in [-0.4, -0.2) is 26.2 Å². The van der Waals surface area contributed by atoms with E-state index in [0.717, 1.165) is 18.9 Å². The van der Waals surface area contributed by atoms with E-state index < -0.39 is 0 Å². The summed E-state index contributed by atoms with van der Waals surface area (Å²) >= 11 is 0. The number of likely N-dealkylation sites (tertiary alicyclic amines) is 1. The quantitative estimate of drug-likeness (QED) is 0.852. The third-order valence-electron chi connectivity index (χ3n) is 4.35. The third kappa shape index (κ3) is 2.86. The Bertz CT molecular complexity index is 396. The molecule has 2 nitrogen and oxygen atoms in total. The van der Waals surface area contributed by atoms with Gasteiger partial charge in [-0.2, -0.15) is 0 Å². The zero-order valence-electron chi connectivity index (χ0n) is 11.2. The fraction of sp³-hybridized carbons (Fsp3) is 0.625. The van der Waals surface area contributed by atoms with Gasteiger partial charge in [0.25, 0.3) is 0 Å². The Labute approximate surface area is 110 Å². The topological polar surface area (TPSA) is 13.7 Å². The number of quaternary nitrogens is 1. The van der Waals surface area contributed by atoms with Crippen LogP contribution >= 0.6 is 0 Å². The van der Waals surface area contributed by atoms with Crippen molar-refractivity contribution in [3.8, 4) is 5.75 Å². The van der Waals surface area contributed by atoms with E-state index in [2.05, 4.69) is 18.2 Å². The summed E-state index contributed by atoms with van der Waals surface area (Å²) < 4.78 is 5.91. The molecule has 0 unspecified atom stereocenters. The van der Waals surface area contributed by atoms with Crippen molar-refractivity contribution in [2.24, 2.45) is 0 Å². The highest BCUT2D eigenvalue weighted by Crippen LogP contribution is 2.25. The van der Waals surface area contributed by atoms with Crippen molar-refractivity contribution in [1.82, 2.24) is 0 Å². The van der Waals surface area contributed by atoms with E-state index in [1.807, 2.05) is 0 Å². The van der Waals surface area contributed by atoms with Crippen LogP contribution in [0.25, 0.3) is 0 Å². The molecule has 0 amide bonds. The third-order valence-corrected chi connectivity index (χ3v) is 4.35. The number of piperidine rings is 1. The van der Waals surface area contributed by atoms with Crippen molar-refractivity contribution >= 4 is 0 Å². The molecular weight excluding hydrogens is 222 g/mol. The monoisotopic (exact) mass is 246 g/mol. The zero-order chi connectivity index (χ0) is 12.2. The fourth-order valence-corrected chi connectivity index (χ4v) is 3.25. The summed E-state index contributed by atoms with van der Waals surface area (Å²) in [5.41, 5.74) is 3.04. The molecule has 0 bridgehead atoms. The lowest BCUT2D eigenvalue weighted by Gasteiger charge is -2.23. The highest BCUT2D eigenvalue weighted by Gasteiger charge is 2.14. The van der Waals surface area contributed by atoms with Crippen molar-refractivity contribution in [2.75, 3.05) is 26.2 Å². The Morgan fingerprint density at radius 1 is 0.944 bits per heavy atom. The van der Waals surface area contributed by atoms with Crippen LogP contribution in [0.2, 0.25) is 0 Å². The molecule has 1 N–H and O–H groups in total. The van der Waals surface area contributed by atoms with Crippen LogP contribution in [0.5, 0.6) is 5.75 Å². The minimum atomic E-state index is 0.869. The molecule has 98 valence electrons. The van der Waals surface area contributed by atoms with Crippen molar-refractivity contribution in [1.29, 1.82) is 0 Å². The lowest BCUT2D eigenvalue weighted by atomic mass is 10.1. The smallest absolute Gasteiger partial charge is 0.137 e. The Morgan fingerprint density at radius 2 is 1.78 bits per heavy atom. The lowest BCUT2D eigenvalue weighted by Crippen LogP contribution is -3.13. The molecule has 1 aromatic rings. The molecule has 2 heteroatoms. The van der Waals surface area contributed by atoms with E-state index in [1.54, 1.807) is 4.90 Å². The van der Waals surface area contributed by atoms with Gasteiger partial charge in [-0.3, -0.25) is 0 Å². The first-order valence-corrected chi connectivity index (χ1v) is 7.50. The van der Waals surface area contributed by atoms with Crippen LogP contribution < -0.4 is 9.64 Å². The molecular formula is C16H24NO+. The van der Waals surface area contributed by atoms with E-state index in [4.69, 9.17) is 4.74 Å². The SMILES string of the molecule is c1cc2c(cc1OCC[NH+]1CCCCC1)CCC2. The van der Waals surface area contributed by atoms with Crippen LogP contribution in [0.15, 0.2) is 18.2 Å². The molecule has 0 spiro atoms. The molecule has 0 aromatic heterocycles. The molecule has 0 atom stereocenters. The number of aryl methyl sites for hydroxylation is 2. The van der Waals surface area contributed by atoms with E-state index in [0.29, 0.717) is 0 Å². The number of hydrogen-bond donors (Lipinski definition) is 1. The Kier molecular flexibility index (Phi) is 3.84. The van der Waals surface area contributed by atoms with Gasteiger partial charge in [0, 0.05) is 0 Å². The first-order chi connectivity index (χ1) is 8.92. The second-order valence-electron chi connectivity index (χ2n) is 5.69. The molecule has 2 aliphatic rings. The minimum absolute atomic E-state index is 0.869. The van der Waals surface area contributed by atoms with Gasteiger partial charge in [0.2, 0.25) is 0 Å². The van der Waals surface area contributed by atoms with Gasteiger partial charge in [-0.15, -0.1) is 0 Å². The van der Waals surface area contributed by atoms with Gasteiger partial charge in [0.15, 0.2) is 0 Å². The zero-order valence-corrected chi connectivity index (χ0v) is 11.2. The summed E-state index contributed by atoms with van der Waals surface area (Å²) in [7, 11) is 0. The normalized spacial score (nSPS) is 19.8. The van der Waals surface area contributed by atoms with Gasteiger partial charge in [0.05, 0.1) is 13.1 Å². The van der Waals surface area contributed by atoms with Crippen molar-refractivity contribution < 1.29 is 9.64 Å². The predicted molar refractivity (Wildman–Crippen MR) is 73.4 cm³/mol. The van der Waals surface area contributed by atoms with Crippen LogP contribution in [0.1, 0.15) is 36.8 Å². The van der Waals surface area contributed by atoms with Gasteiger partial charge in [0.1, 0.15) is 18.9 Å². The summed E-state index contributed by atoms with van der Waals surface area (Å²) in [5.74, 6) is 1.08. The number of benzene rings is 1. The van der Waals surface area contributed by atoms with Gasteiger partial charge >= 0.3 is 0 Å². The van der Waals surface area contributed by atoms with Crippen molar-refractivity contribution in [3.63, 3.8) is 0 Å². The number of rotatable bonds is 4. The van der Waals surface area contributed by atoms with Crippen LogP contribution in [0, 0.1) is 0 Å². The Balaban J connectivity index is 1.48. The maximum atomic E-state index is 5.91. The van der Waals surface area contributed by atoms with Crippen molar-refractivity contribution in [2.45, 2.75) is 38.5 Å². The highest BCUT2D eigenvalue weighted by molar-refractivity contribution is 5.38. The average molecular weight is 246 g/mol. The summed E-state index contributed by atoms with van der Waals surface area (Å²) in [4.78, 5) is 1.72. The van der Waals surface area contributed by atoms with Gasteiger partial charge in [-0.1, -0.05) is 6.07 Å². The molecule has 1 aliphatic heterocycles. The molecule has 1 heterocycles. The van der Waals surface area contributed by atoms with Crippen LogP contribution in [0.3, 0.4) is 0 Å². The van der Waals surface area contributed by atoms with Gasteiger partial charge in [-0.05, 0) is 61.8 Å². The number of ether oxygens (including phenoxy) is 1. The number of nitrogens with one attached hydrogen (secondary N) is 1. The minimum Gasteiger partial charge on any atom is -0.488 e. The van der Waals surface area contributed by atoms with E-state index in [1.165, 1.54) is 62.7 Å². The Morgan fingerprint density at radius 3 is 2.67 bits per heavy atom. The maximum Gasteiger partial charge on any atom is 0.137 e. The molecule has 18 heavy (non-hydrogen) atoms. The molecule has 0 radical (unpaired) electrons. The van der Waals surface area contributed by atoms with E-state index in [-0.39, 0.29) is 0 Å². The first kappa shape index (κ1) is 12.0. The van der Waals surface area contributed by atoms with Gasteiger partial charge < -0.3 is 9.64 Å². The number of fused-ring (bicyclic) bond motifs is 1. The molecule has 1 saturated heterocycles. The Hall–Kier alpha value is -1.02. The second kappa shape index (κ2) is 5.75. The first-order valence-electron chi connectivity index (χ1n) is 7.50. The van der Waals surface area contributed by atoms with E-state index >= 15 is 0 Å². The molecule has 1 aliphatic carbocycles. The molecule has 0 saturated carbocycles. The molecule has 1 aromatic carbocycles. The second-order valence-corrected chi connectivity index (χ2v) is 5.69. The van der Waals surface area contributed by atoms with Crippen LogP contribution in [0.4, 0.5) is 0 Å². The summed E-state index contributed by atoms with van der Waals surface area (Å²) in [6.45, 7) is 4.71. The van der Waals surface area contributed by atoms with Gasteiger partial charge in [-0.25, -0.2) is 0 Å². The average Bonchev–Trinajstić information content (AvgIpc) is 2.87.